The first-order valence-corrected chi connectivity index (χ1v) is 10.9. The lowest BCUT2D eigenvalue weighted by Gasteiger charge is -2.39. The maximum atomic E-state index is 6.24. The van der Waals surface area contributed by atoms with Crippen LogP contribution in [0.5, 0.6) is 5.75 Å². The van der Waals surface area contributed by atoms with E-state index in [4.69, 9.17) is 4.74 Å². The predicted octanol–water partition coefficient (Wildman–Crippen LogP) is 5.86. The van der Waals surface area contributed by atoms with E-state index in [1.807, 2.05) is 6.07 Å². The monoisotopic (exact) mass is 450 g/mol. The molecule has 1 aliphatic carbocycles. The summed E-state index contributed by atoms with van der Waals surface area (Å²) in [6, 6.07) is 15.8. The van der Waals surface area contributed by atoms with E-state index in [0.717, 1.165) is 37.8 Å². The number of ether oxygens (including phenoxy) is 1. The molecule has 2 fully saturated rings. The number of nitrogens with zero attached hydrogens (tertiary/aromatic N) is 1. The second kappa shape index (κ2) is 12.0. The molecule has 4 rings (SSSR count). The maximum absolute atomic E-state index is 6.24. The van der Waals surface area contributed by atoms with E-state index in [1.54, 1.807) is 0 Å². The number of aryl methyl sites for hydroxylation is 2. The molecule has 2 aromatic rings. The summed E-state index contributed by atoms with van der Waals surface area (Å²) in [5.74, 6) is 1.85. The van der Waals surface area contributed by atoms with Gasteiger partial charge in [0.25, 0.3) is 0 Å². The summed E-state index contributed by atoms with van der Waals surface area (Å²) in [6.07, 6.45) is 5.53. The van der Waals surface area contributed by atoms with Crippen molar-refractivity contribution in [2.45, 2.75) is 52.2 Å². The van der Waals surface area contributed by atoms with E-state index >= 15 is 0 Å². The van der Waals surface area contributed by atoms with Gasteiger partial charge in [-0.1, -0.05) is 55.3 Å². The van der Waals surface area contributed by atoms with Gasteiger partial charge in [-0.3, -0.25) is 4.90 Å². The van der Waals surface area contributed by atoms with Crippen LogP contribution in [0.2, 0.25) is 0 Å². The smallest absolute Gasteiger partial charge is 0.125 e. The van der Waals surface area contributed by atoms with Crippen molar-refractivity contribution < 1.29 is 4.74 Å². The van der Waals surface area contributed by atoms with Gasteiger partial charge in [-0.25, -0.2) is 0 Å². The Hall–Kier alpha value is -1.26. The van der Waals surface area contributed by atoms with E-state index in [-0.39, 0.29) is 24.8 Å². The van der Waals surface area contributed by atoms with E-state index < -0.39 is 0 Å². The van der Waals surface area contributed by atoms with Crippen molar-refractivity contribution in [2.24, 2.45) is 5.92 Å². The van der Waals surface area contributed by atoms with Crippen molar-refractivity contribution in [1.29, 1.82) is 0 Å². The topological polar surface area (TPSA) is 24.5 Å². The number of hydrogen-bond acceptors (Lipinski definition) is 3. The third kappa shape index (κ3) is 5.91. The van der Waals surface area contributed by atoms with E-state index in [0.29, 0.717) is 12.6 Å². The Bertz CT molecular complexity index is 749. The van der Waals surface area contributed by atoms with Crippen LogP contribution in [0.25, 0.3) is 0 Å². The average molecular weight is 451 g/mol. The van der Waals surface area contributed by atoms with Crippen molar-refractivity contribution in [1.82, 2.24) is 10.2 Å². The van der Waals surface area contributed by atoms with Crippen molar-refractivity contribution in [2.75, 3.05) is 26.2 Å². The molecule has 3 nitrogen and oxygen atoms in total. The SMILES string of the molecule is Cc1cc([C@@H](C2CCCC2)N2CCNCC2)cc(C)c1OCc1ccccc1.Cl.Cl. The van der Waals surface area contributed by atoms with Crippen LogP contribution in [0.1, 0.15) is 54.0 Å². The van der Waals surface area contributed by atoms with Crippen LogP contribution >= 0.6 is 24.8 Å². The lowest BCUT2D eigenvalue weighted by atomic mass is 9.88. The summed E-state index contributed by atoms with van der Waals surface area (Å²) >= 11 is 0. The fourth-order valence-electron chi connectivity index (χ4n) is 5.13. The Labute approximate surface area is 194 Å². The third-order valence-electron chi connectivity index (χ3n) is 6.44. The van der Waals surface area contributed by atoms with Crippen molar-refractivity contribution in [3.8, 4) is 5.75 Å². The lowest BCUT2D eigenvalue weighted by molar-refractivity contribution is 0.125. The predicted molar refractivity (Wildman–Crippen MR) is 130 cm³/mol. The van der Waals surface area contributed by atoms with E-state index in [9.17, 15) is 0 Å². The van der Waals surface area contributed by atoms with Gasteiger partial charge in [-0.05, 0) is 54.9 Å². The minimum atomic E-state index is 0. The van der Waals surface area contributed by atoms with Gasteiger partial charge in [0.05, 0.1) is 0 Å². The maximum Gasteiger partial charge on any atom is 0.125 e. The van der Waals surface area contributed by atoms with Gasteiger partial charge in [0.15, 0.2) is 0 Å². The zero-order valence-corrected chi connectivity index (χ0v) is 19.9. The molecule has 0 bridgehead atoms. The molecule has 5 heteroatoms. The zero-order chi connectivity index (χ0) is 19.3. The molecule has 2 aliphatic rings. The Morgan fingerprint density at radius 1 is 0.967 bits per heavy atom. The highest BCUT2D eigenvalue weighted by molar-refractivity contribution is 5.85. The molecule has 2 aromatic carbocycles. The highest BCUT2D eigenvalue weighted by atomic mass is 35.5. The average Bonchev–Trinajstić information content (AvgIpc) is 3.23. The van der Waals surface area contributed by atoms with Gasteiger partial charge in [0.2, 0.25) is 0 Å². The van der Waals surface area contributed by atoms with E-state index in [2.05, 4.69) is 60.5 Å². The summed E-state index contributed by atoms with van der Waals surface area (Å²) in [7, 11) is 0. The van der Waals surface area contributed by atoms with Crippen LogP contribution in [-0.4, -0.2) is 31.1 Å². The fourth-order valence-corrected chi connectivity index (χ4v) is 5.13. The molecule has 0 unspecified atom stereocenters. The quantitative estimate of drug-likeness (QED) is 0.595. The van der Waals surface area contributed by atoms with Gasteiger partial charge in [0, 0.05) is 32.2 Å². The van der Waals surface area contributed by atoms with Gasteiger partial charge in [-0.2, -0.15) is 0 Å². The van der Waals surface area contributed by atoms with Crippen LogP contribution in [-0.2, 0) is 6.61 Å². The van der Waals surface area contributed by atoms with Crippen LogP contribution < -0.4 is 10.1 Å². The molecule has 0 aromatic heterocycles. The molecule has 1 atom stereocenters. The van der Waals surface area contributed by atoms with Gasteiger partial charge in [0.1, 0.15) is 12.4 Å². The summed E-state index contributed by atoms with van der Waals surface area (Å²) in [5.41, 5.74) is 5.25. The van der Waals surface area contributed by atoms with Gasteiger partial charge in [-0.15, -0.1) is 24.8 Å². The number of hydrogen-bond donors (Lipinski definition) is 1. The van der Waals surface area contributed by atoms with E-state index in [1.165, 1.54) is 47.9 Å². The molecule has 30 heavy (non-hydrogen) atoms. The molecule has 1 heterocycles. The summed E-state index contributed by atoms with van der Waals surface area (Å²) in [4.78, 5) is 2.73. The number of nitrogens with one attached hydrogen (secondary N) is 1. The van der Waals surface area contributed by atoms with Crippen molar-refractivity contribution in [3.05, 3.63) is 64.7 Å². The Kier molecular flexibility index (Phi) is 9.96. The van der Waals surface area contributed by atoms with Crippen LogP contribution in [0.3, 0.4) is 0 Å². The van der Waals surface area contributed by atoms with Crippen molar-refractivity contribution in [3.63, 3.8) is 0 Å². The highest BCUT2D eigenvalue weighted by Gasteiger charge is 2.32. The number of piperazine rings is 1. The van der Waals surface area contributed by atoms with Gasteiger partial charge >= 0.3 is 0 Å². The van der Waals surface area contributed by atoms with Crippen LogP contribution in [0.4, 0.5) is 0 Å². The van der Waals surface area contributed by atoms with Gasteiger partial charge < -0.3 is 10.1 Å². The molecule has 166 valence electrons. The molecule has 0 radical (unpaired) electrons. The second-order valence-electron chi connectivity index (χ2n) is 8.53. The molecule has 0 amide bonds. The summed E-state index contributed by atoms with van der Waals surface area (Å²) in [5, 5.41) is 3.51. The molecule has 0 spiro atoms. The molecular weight excluding hydrogens is 415 g/mol. The Balaban J connectivity index is 0.00000160. The second-order valence-corrected chi connectivity index (χ2v) is 8.53. The minimum absolute atomic E-state index is 0. The molecule has 1 saturated heterocycles. The van der Waals surface area contributed by atoms with Crippen molar-refractivity contribution >= 4 is 24.8 Å². The largest absolute Gasteiger partial charge is 0.488 e. The summed E-state index contributed by atoms with van der Waals surface area (Å²) < 4.78 is 6.24. The number of rotatable bonds is 6. The van der Waals surface area contributed by atoms with Crippen LogP contribution in [0, 0.1) is 19.8 Å². The first-order chi connectivity index (χ1) is 13.7. The normalized spacial score (nSPS) is 18.3. The fraction of sp³-hybridized carbons (Fsp3) is 0.520. The number of halogens is 2. The molecule has 1 aliphatic heterocycles. The molecular formula is C25H36Cl2N2O. The van der Waals surface area contributed by atoms with Crippen LogP contribution in [0.15, 0.2) is 42.5 Å². The first kappa shape index (κ1) is 25.0. The zero-order valence-electron chi connectivity index (χ0n) is 18.2. The lowest BCUT2D eigenvalue weighted by Crippen LogP contribution is -2.46. The third-order valence-corrected chi connectivity index (χ3v) is 6.44. The number of benzene rings is 2. The first-order valence-electron chi connectivity index (χ1n) is 10.9. The highest BCUT2D eigenvalue weighted by Crippen LogP contribution is 2.41. The Morgan fingerprint density at radius 3 is 2.17 bits per heavy atom. The molecule has 1 saturated carbocycles. The standard InChI is InChI=1S/C25H34N2O.2ClH/c1-19-16-23(17-20(2)25(19)28-18-21-8-4-3-5-9-21)24(22-10-6-7-11-22)27-14-12-26-13-15-27;;/h3-5,8-9,16-17,22,24,26H,6-7,10-15,18H2,1-2H3;2*1H/t24-;;/m1../s1. The Morgan fingerprint density at radius 2 is 1.57 bits per heavy atom. The molecule has 1 N–H and O–H groups in total. The minimum Gasteiger partial charge on any atom is -0.488 e. The summed E-state index contributed by atoms with van der Waals surface area (Å²) in [6.45, 7) is 9.59.